The van der Waals surface area contributed by atoms with Gasteiger partial charge in [0.05, 0.1) is 17.1 Å². The molecule has 3 rings (SSSR count). The molecule has 1 aromatic carbocycles. The summed E-state index contributed by atoms with van der Waals surface area (Å²) < 4.78 is 1.70. The number of carbonyl (C=O) groups is 2. The molecule has 0 aliphatic carbocycles. The number of rotatable bonds is 4. The van der Waals surface area contributed by atoms with Gasteiger partial charge in [-0.3, -0.25) is 14.3 Å². The van der Waals surface area contributed by atoms with Gasteiger partial charge in [-0.2, -0.15) is 5.10 Å². The van der Waals surface area contributed by atoms with Gasteiger partial charge in [0, 0.05) is 37.3 Å². The zero-order valence-electron chi connectivity index (χ0n) is 13.0. The lowest BCUT2D eigenvalue weighted by molar-refractivity contribution is -0.116. The Balaban J connectivity index is 1.64. The van der Waals surface area contributed by atoms with Crippen LogP contribution in [0, 0.1) is 0 Å². The van der Waals surface area contributed by atoms with E-state index in [1.165, 1.54) is 6.92 Å². The number of amides is 2. The summed E-state index contributed by atoms with van der Waals surface area (Å²) in [6.45, 7) is 2.19. The molecule has 2 amide bonds. The van der Waals surface area contributed by atoms with E-state index in [0.29, 0.717) is 6.54 Å². The van der Waals surface area contributed by atoms with Gasteiger partial charge in [0.25, 0.3) is 0 Å². The van der Waals surface area contributed by atoms with Gasteiger partial charge in [-0.25, -0.2) is 0 Å². The zero-order valence-corrected chi connectivity index (χ0v) is 13.8. The van der Waals surface area contributed by atoms with Crippen LogP contribution in [0.2, 0.25) is 0 Å². The van der Waals surface area contributed by atoms with Gasteiger partial charge < -0.3 is 10.2 Å². The van der Waals surface area contributed by atoms with Crippen molar-refractivity contribution in [3.63, 3.8) is 0 Å². The first-order chi connectivity index (χ1) is 11.0. The fourth-order valence-corrected chi connectivity index (χ4v) is 3.62. The van der Waals surface area contributed by atoms with Crippen LogP contribution in [-0.2, 0) is 16.6 Å². The highest BCUT2D eigenvalue weighted by atomic mass is 32.2. The molecule has 1 aromatic heterocycles. The number of hydrogen-bond acceptors (Lipinski definition) is 4. The average Bonchev–Trinajstić information content (AvgIpc) is 3.08. The maximum Gasteiger partial charge on any atom is 0.240 e. The highest BCUT2D eigenvalue weighted by Crippen LogP contribution is 2.33. The van der Waals surface area contributed by atoms with Crippen LogP contribution >= 0.6 is 11.8 Å². The first-order valence-electron chi connectivity index (χ1n) is 7.37. The number of nitrogens with zero attached hydrogens (tertiary/aromatic N) is 3. The lowest BCUT2D eigenvalue weighted by Crippen LogP contribution is -2.27. The van der Waals surface area contributed by atoms with Crippen molar-refractivity contribution in [2.24, 2.45) is 7.05 Å². The molecule has 0 unspecified atom stereocenters. The summed E-state index contributed by atoms with van der Waals surface area (Å²) in [6.07, 6.45) is 4.38. The van der Waals surface area contributed by atoms with Gasteiger partial charge in [-0.05, 0) is 30.7 Å². The Morgan fingerprint density at radius 3 is 2.70 bits per heavy atom. The number of benzene rings is 1. The minimum Gasteiger partial charge on any atom is -0.326 e. The summed E-state index contributed by atoms with van der Waals surface area (Å²) in [5, 5.41) is 6.77. The van der Waals surface area contributed by atoms with Crippen molar-refractivity contribution in [2.75, 3.05) is 16.8 Å². The number of thioether (sulfide) groups is 1. The Labute approximate surface area is 138 Å². The van der Waals surface area contributed by atoms with Crippen LogP contribution in [0.25, 0.3) is 0 Å². The molecule has 0 radical (unpaired) electrons. The molecule has 1 N–H and O–H groups in total. The van der Waals surface area contributed by atoms with E-state index in [1.807, 2.05) is 37.5 Å². The summed E-state index contributed by atoms with van der Waals surface area (Å²) in [7, 11) is 1.84. The Hall–Kier alpha value is -2.28. The number of hydrogen-bond donors (Lipinski definition) is 1. The molecule has 0 saturated carbocycles. The molecule has 1 fully saturated rings. The highest BCUT2D eigenvalue weighted by molar-refractivity contribution is 8.00. The maximum atomic E-state index is 12.5. The normalized spacial score (nSPS) is 17.6. The summed E-state index contributed by atoms with van der Waals surface area (Å²) in [6, 6.07) is 7.55. The van der Waals surface area contributed by atoms with E-state index >= 15 is 0 Å². The zero-order chi connectivity index (χ0) is 16.4. The van der Waals surface area contributed by atoms with Crippen molar-refractivity contribution in [3.05, 3.63) is 36.7 Å². The van der Waals surface area contributed by atoms with E-state index in [2.05, 4.69) is 10.4 Å². The van der Waals surface area contributed by atoms with E-state index in [0.717, 1.165) is 22.7 Å². The average molecular weight is 330 g/mol. The largest absolute Gasteiger partial charge is 0.326 e. The van der Waals surface area contributed by atoms with Gasteiger partial charge in [-0.15, -0.1) is 11.8 Å². The van der Waals surface area contributed by atoms with Crippen LogP contribution in [0.3, 0.4) is 0 Å². The Kier molecular flexibility index (Phi) is 4.38. The molecule has 23 heavy (non-hydrogen) atoms. The standard InChI is InChI=1S/C16H18N4O2S/c1-11(21)18-12-3-5-14(6-4-12)23-15-7-8-20(16(15)22)13-9-17-19(2)10-13/h3-6,9-10,15H,7-8H2,1-2H3,(H,18,21)/t15-/m0/s1. The lowest BCUT2D eigenvalue weighted by atomic mass is 10.3. The third-order valence-electron chi connectivity index (χ3n) is 3.61. The first kappa shape index (κ1) is 15.6. The Morgan fingerprint density at radius 1 is 1.35 bits per heavy atom. The smallest absolute Gasteiger partial charge is 0.240 e. The number of anilines is 2. The van der Waals surface area contributed by atoms with Crippen LogP contribution in [0.5, 0.6) is 0 Å². The number of carbonyl (C=O) groups excluding carboxylic acids is 2. The van der Waals surface area contributed by atoms with E-state index in [-0.39, 0.29) is 17.1 Å². The summed E-state index contributed by atoms with van der Waals surface area (Å²) in [4.78, 5) is 26.4. The van der Waals surface area contributed by atoms with Crippen molar-refractivity contribution >= 4 is 35.0 Å². The third-order valence-corrected chi connectivity index (χ3v) is 4.88. The quantitative estimate of drug-likeness (QED) is 0.934. The van der Waals surface area contributed by atoms with Crippen molar-refractivity contribution in [2.45, 2.75) is 23.5 Å². The topological polar surface area (TPSA) is 67.2 Å². The predicted molar refractivity (Wildman–Crippen MR) is 90.6 cm³/mol. The molecule has 0 bridgehead atoms. The third kappa shape index (κ3) is 3.56. The van der Waals surface area contributed by atoms with E-state index < -0.39 is 0 Å². The van der Waals surface area contributed by atoms with Gasteiger partial charge >= 0.3 is 0 Å². The van der Waals surface area contributed by atoms with Crippen LogP contribution in [0.15, 0.2) is 41.6 Å². The van der Waals surface area contributed by atoms with Crippen molar-refractivity contribution < 1.29 is 9.59 Å². The molecule has 2 heterocycles. The Bertz CT molecular complexity index is 726. The second-order valence-corrected chi connectivity index (χ2v) is 6.74. The maximum absolute atomic E-state index is 12.5. The monoisotopic (exact) mass is 330 g/mol. The fraction of sp³-hybridized carbons (Fsp3) is 0.312. The molecule has 1 aliphatic heterocycles. The van der Waals surface area contributed by atoms with Gasteiger partial charge in [0.2, 0.25) is 11.8 Å². The molecule has 0 spiro atoms. The summed E-state index contributed by atoms with van der Waals surface area (Å²) >= 11 is 1.56. The van der Waals surface area contributed by atoms with Gasteiger partial charge in [0.15, 0.2) is 0 Å². The predicted octanol–water partition coefficient (Wildman–Crippen LogP) is 2.28. The summed E-state index contributed by atoms with van der Waals surface area (Å²) in [5.41, 5.74) is 1.61. The molecule has 1 saturated heterocycles. The fourth-order valence-electron chi connectivity index (χ4n) is 2.55. The van der Waals surface area contributed by atoms with Crippen molar-refractivity contribution in [1.82, 2.24) is 9.78 Å². The second kappa shape index (κ2) is 6.45. The van der Waals surface area contributed by atoms with Crippen molar-refractivity contribution in [3.8, 4) is 0 Å². The Morgan fingerprint density at radius 2 is 2.09 bits per heavy atom. The van der Waals surface area contributed by atoms with Gasteiger partial charge in [0.1, 0.15) is 0 Å². The minimum absolute atomic E-state index is 0.0816. The second-order valence-electron chi connectivity index (χ2n) is 5.46. The van der Waals surface area contributed by atoms with E-state index in [9.17, 15) is 9.59 Å². The molecular formula is C16H18N4O2S. The van der Waals surface area contributed by atoms with Crippen molar-refractivity contribution in [1.29, 1.82) is 0 Å². The highest BCUT2D eigenvalue weighted by Gasteiger charge is 2.33. The number of aromatic nitrogens is 2. The molecule has 2 aromatic rings. The molecule has 1 aliphatic rings. The van der Waals surface area contributed by atoms with E-state index in [4.69, 9.17) is 0 Å². The molecule has 120 valence electrons. The first-order valence-corrected chi connectivity index (χ1v) is 8.25. The molecule has 7 heteroatoms. The minimum atomic E-state index is -0.0940. The van der Waals surface area contributed by atoms with Crippen LogP contribution in [0.4, 0.5) is 11.4 Å². The number of nitrogens with one attached hydrogen (secondary N) is 1. The van der Waals surface area contributed by atoms with Crippen LogP contribution in [-0.4, -0.2) is 33.4 Å². The van der Waals surface area contributed by atoms with Gasteiger partial charge in [-0.1, -0.05) is 0 Å². The van der Waals surface area contributed by atoms with Crippen LogP contribution < -0.4 is 10.2 Å². The van der Waals surface area contributed by atoms with Crippen LogP contribution in [0.1, 0.15) is 13.3 Å². The number of aryl methyl sites for hydroxylation is 1. The molecule has 1 atom stereocenters. The summed E-state index contributed by atoms with van der Waals surface area (Å²) in [5.74, 6) is 0.0254. The van der Waals surface area contributed by atoms with E-state index in [1.54, 1.807) is 27.5 Å². The molecule has 6 nitrogen and oxygen atoms in total. The SMILES string of the molecule is CC(=O)Nc1ccc(S[C@H]2CCN(c3cnn(C)c3)C2=O)cc1. The molecular weight excluding hydrogens is 312 g/mol. The lowest BCUT2D eigenvalue weighted by Gasteiger charge is -2.14.